The first-order valence-electron chi connectivity index (χ1n) is 22.4. The molecule has 1 aliphatic heterocycles. The number of rotatable bonds is 11. The molecular formula is C49H58N8O6. The third kappa shape index (κ3) is 7.60. The Morgan fingerprint density at radius 3 is 1.90 bits per heavy atom. The van der Waals surface area contributed by atoms with Crippen molar-refractivity contribution < 1.29 is 28.7 Å². The minimum Gasteiger partial charge on any atom is -0.453 e. The predicted octanol–water partition coefficient (Wildman–Crippen LogP) is 8.60. The van der Waals surface area contributed by atoms with Gasteiger partial charge in [0.2, 0.25) is 11.8 Å². The van der Waals surface area contributed by atoms with E-state index < -0.39 is 24.3 Å². The van der Waals surface area contributed by atoms with Gasteiger partial charge in [-0.2, -0.15) is 0 Å². The molecule has 9 rings (SSSR count). The molecule has 4 aromatic carbocycles. The fourth-order valence-electron chi connectivity index (χ4n) is 10.5. The zero-order chi connectivity index (χ0) is 44.4. The monoisotopic (exact) mass is 854 g/mol. The van der Waals surface area contributed by atoms with Crippen LogP contribution in [0.15, 0.2) is 60.7 Å². The minimum absolute atomic E-state index is 0.0488. The van der Waals surface area contributed by atoms with Crippen LogP contribution in [0.1, 0.15) is 84.9 Å². The molecule has 7 atom stereocenters. The Labute approximate surface area is 366 Å². The molecule has 7 unspecified atom stereocenters. The van der Waals surface area contributed by atoms with E-state index in [-0.39, 0.29) is 47.7 Å². The maximum Gasteiger partial charge on any atom is 0.407 e. The first-order chi connectivity index (χ1) is 30.3. The molecule has 2 saturated carbocycles. The molecule has 1 saturated heterocycles. The highest BCUT2D eigenvalue weighted by atomic mass is 16.5. The van der Waals surface area contributed by atoms with Crippen LogP contribution in [0.25, 0.3) is 54.7 Å². The number of methoxy groups -OCH3 is 2. The molecule has 2 bridgehead atoms. The Morgan fingerprint density at radius 1 is 0.762 bits per heavy atom. The summed E-state index contributed by atoms with van der Waals surface area (Å²) in [6, 6.07) is 19.8. The normalized spacial score (nSPS) is 22.8. The van der Waals surface area contributed by atoms with E-state index in [9.17, 15) is 19.2 Å². The van der Waals surface area contributed by atoms with Crippen molar-refractivity contribution in [3.05, 3.63) is 72.3 Å². The number of hydrogen-bond acceptors (Lipinski definition) is 8. The van der Waals surface area contributed by atoms with Gasteiger partial charge in [0.25, 0.3) is 0 Å². The first-order valence-corrected chi connectivity index (χ1v) is 22.4. The van der Waals surface area contributed by atoms with Crippen LogP contribution in [0.5, 0.6) is 0 Å². The van der Waals surface area contributed by atoms with E-state index in [0.717, 1.165) is 86.2 Å². The maximum absolute atomic E-state index is 14.3. The van der Waals surface area contributed by atoms with Gasteiger partial charge in [0.05, 0.1) is 48.9 Å². The maximum atomic E-state index is 14.3. The lowest BCUT2D eigenvalue weighted by atomic mass is 9.87. The van der Waals surface area contributed by atoms with Gasteiger partial charge in [-0.15, -0.1) is 0 Å². The summed E-state index contributed by atoms with van der Waals surface area (Å²) < 4.78 is 9.72. The zero-order valence-corrected chi connectivity index (χ0v) is 37.3. The van der Waals surface area contributed by atoms with Crippen LogP contribution in [0.3, 0.4) is 0 Å². The number of alkyl carbamates (subject to hydrolysis) is 2. The minimum atomic E-state index is -0.722. The lowest BCUT2D eigenvalue weighted by Crippen LogP contribution is -2.53. The zero-order valence-electron chi connectivity index (χ0n) is 37.3. The highest BCUT2D eigenvalue weighted by molar-refractivity contribution is 6.07. The second-order valence-electron chi connectivity index (χ2n) is 18.8. The highest BCUT2D eigenvalue weighted by Crippen LogP contribution is 2.49. The summed E-state index contributed by atoms with van der Waals surface area (Å²) in [7, 11) is 2.62. The molecular weight excluding hydrogens is 797 g/mol. The molecule has 2 aliphatic carbocycles. The second-order valence-corrected chi connectivity index (χ2v) is 18.8. The van der Waals surface area contributed by atoms with Crippen molar-refractivity contribution >= 4 is 67.6 Å². The number of carbonyl (C=O) groups excluding carboxylic acids is 4. The third-order valence-electron chi connectivity index (χ3n) is 14.2. The van der Waals surface area contributed by atoms with Gasteiger partial charge in [-0.05, 0) is 95.0 Å². The Hall–Kier alpha value is -6.18. The molecule has 14 heteroatoms. The van der Waals surface area contributed by atoms with Gasteiger partial charge in [0.15, 0.2) is 0 Å². The van der Waals surface area contributed by atoms with Gasteiger partial charge in [0, 0.05) is 22.9 Å². The summed E-state index contributed by atoms with van der Waals surface area (Å²) >= 11 is 0. The summed E-state index contributed by atoms with van der Waals surface area (Å²) in [5, 5.41) is 9.70. The fraction of sp³-hybridized carbons (Fsp3) is 0.469. The van der Waals surface area contributed by atoms with Crippen LogP contribution in [0.4, 0.5) is 9.59 Å². The van der Waals surface area contributed by atoms with E-state index in [0.29, 0.717) is 24.2 Å². The number of ether oxygens (including phenoxy) is 2. The molecule has 3 fully saturated rings. The largest absolute Gasteiger partial charge is 0.453 e. The smallest absolute Gasteiger partial charge is 0.407 e. The molecule has 2 aromatic heterocycles. The summed E-state index contributed by atoms with van der Waals surface area (Å²) in [6.07, 6.45) is 2.71. The number of aromatic amines is 2. The number of H-pyrrole nitrogens is 2. The fourth-order valence-corrected chi connectivity index (χ4v) is 10.5. The Morgan fingerprint density at radius 2 is 1.33 bits per heavy atom. The summed E-state index contributed by atoms with van der Waals surface area (Å²) in [6.45, 7) is 12.3. The highest BCUT2D eigenvalue weighted by Gasteiger charge is 2.51. The molecule has 6 aromatic rings. The van der Waals surface area contributed by atoms with Gasteiger partial charge in [0.1, 0.15) is 23.7 Å². The number of aromatic nitrogens is 4. The van der Waals surface area contributed by atoms with Crippen LogP contribution in [-0.2, 0) is 25.6 Å². The number of carbonyl (C=O) groups is 4. The van der Waals surface area contributed by atoms with E-state index in [1.54, 1.807) is 0 Å². The lowest BCUT2D eigenvalue weighted by molar-refractivity contribution is -0.138. The molecule has 330 valence electrons. The van der Waals surface area contributed by atoms with Crippen molar-refractivity contribution in [1.82, 2.24) is 40.4 Å². The SMILES string of the molecule is COC(=O)NC(C(=O)N(Cc1nc2c(ccc3cc(-c4ccc5c(ccc6[nH]c(C7C8CCCC(C8)N7C(=O)C(NC(=O)OC)C(C)C)nc65)c4)ccc32)[nH]1)C1C(C)C1C)C(C)C. The van der Waals surface area contributed by atoms with Crippen molar-refractivity contribution in [2.24, 2.45) is 29.6 Å². The van der Waals surface area contributed by atoms with Crippen molar-refractivity contribution in [3.63, 3.8) is 0 Å². The topological polar surface area (TPSA) is 175 Å². The molecule has 4 N–H and O–H groups in total. The van der Waals surface area contributed by atoms with Crippen LogP contribution >= 0.6 is 0 Å². The van der Waals surface area contributed by atoms with E-state index in [1.165, 1.54) is 14.2 Å². The van der Waals surface area contributed by atoms with Gasteiger partial charge in [-0.3, -0.25) is 9.59 Å². The standard InChI is InChI=1S/C49H58N8O6/c1-24(2)39(54-48(60)62-7)46(58)56(43-26(5)27(43)6)23-38-50-36-18-14-30-20-28(12-16-34(30)41(36)52-38)29-13-17-35-31(21-29)15-19-37-42(35)53-45(51-37)44-32-10-9-11-33(22-32)57(44)47(59)40(25(3)4)55-49(61)63-8/h12-21,24-27,32-33,39-40,43-44H,9-11,22-23H2,1-8H3,(H,50,52)(H,51,53)(H,54,60)(H,55,61). The number of amides is 4. The van der Waals surface area contributed by atoms with Crippen molar-refractivity contribution in [3.8, 4) is 11.1 Å². The number of nitrogens with one attached hydrogen (secondary N) is 4. The number of fused-ring (bicyclic) bond motifs is 8. The number of nitrogens with zero attached hydrogens (tertiary/aromatic N) is 4. The summed E-state index contributed by atoms with van der Waals surface area (Å²) in [4.78, 5) is 74.0. The van der Waals surface area contributed by atoms with Crippen LogP contribution in [0.2, 0.25) is 0 Å². The van der Waals surface area contributed by atoms with Gasteiger partial charge >= 0.3 is 12.2 Å². The van der Waals surface area contributed by atoms with E-state index in [4.69, 9.17) is 19.4 Å². The third-order valence-corrected chi connectivity index (χ3v) is 14.2. The first kappa shape index (κ1) is 42.1. The number of imidazole rings is 2. The van der Waals surface area contributed by atoms with E-state index in [1.807, 2.05) is 43.6 Å². The van der Waals surface area contributed by atoms with Crippen LogP contribution < -0.4 is 10.6 Å². The molecule has 63 heavy (non-hydrogen) atoms. The molecule has 0 radical (unpaired) electrons. The van der Waals surface area contributed by atoms with Crippen molar-refractivity contribution in [1.29, 1.82) is 0 Å². The van der Waals surface area contributed by atoms with Crippen molar-refractivity contribution in [2.75, 3.05) is 14.2 Å². The average Bonchev–Trinajstić information content (AvgIpc) is 3.64. The van der Waals surface area contributed by atoms with E-state index >= 15 is 0 Å². The second kappa shape index (κ2) is 16.5. The number of benzene rings is 4. The predicted molar refractivity (Wildman–Crippen MR) is 243 cm³/mol. The van der Waals surface area contributed by atoms with Crippen LogP contribution in [0, 0.1) is 29.6 Å². The average molecular weight is 855 g/mol. The molecule has 3 aliphatic rings. The Balaban J connectivity index is 0.990. The lowest BCUT2D eigenvalue weighted by Gasteiger charge is -2.33. The Bertz CT molecular complexity index is 2750. The Kier molecular flexibility index (Phi) is 11.0. The van der Waals surface area contributed by atoms with E-state index in [2.05, 4.69) is 89.0 Å². The van der Waals surface area contributed by atoms with Gasteiger partial charge in [-0.25, -0.2) is 19.6 Å². The molecule has 0 spiro atoms. The van der Waals surface area contributed by atoms with Gasteiger partial charge in [-0.1, -0.05) is 84.4 Å². The summed E-state index contributed by atoms with van der Waals surface area (Å²) in [5.41, 5.74) is 5.67. The summed E-state index contributed by atoms with van der Waals surface area (Å²) in [5.74, 6) is 1.96. The molecule has 14 nitrogen and oxygen atoms in total. The molecule has 4 amide bonds. The number of hydrogen-bond donors (Lipinski definition) is 4. The van der Waals surface area contributed by atoms with Crippen molar-refractivity contribution in [2.45, 2.75) is 104 Å². The number of likely N-dealkylation sites (tertiary alicyclic amines) is 1. The quantitative estimate of drug-likeness (QED) is 0.100. The molecule has 3 heterocycles. The van der Waals surface area contributed by atoms with Gasteiger partial charge < -0.3 is 39.9 Å². The van der Waals surface area contributed by atoms with Crippen LogP contribution in [-0.4, -0.2) is 92.1 Å².